The Balaban J connectivity index is 2.27. The Morgan fingerprint density at radius 1 is 1.17 bits per heavy atom. The van der Waals surface area contributed by atoms with Gasteiger partial charge in [0.05, 0.1) is 0 Å². The predicted molar refractivity (Wildman–Crippen MR) is 92.0 cm³/mol. The number of carbonyl (C=O) groups excluding carboxylic acids is 1. The van der Waals surface area contributed by atoms with Crippen LogP contribution in [0, 0.1) is 6.92 Å². The molecule has 0 aliphatic heterocycles. The molecule has 0 spiro atoms. The van der Waals surface area contributed by atoms with Gasteiger partial charge in [0.15, 0.2) is 0 Å². The van der Waals surface area contributed by atoms with Crippen molar-refractivity contribution in [2.75, 3.05) is 6.61 Å². The molecular formula is C20H22O3. The summed E-state index contributed by atoms with van der Waals surface area (Å²) in [5.74, 6) is -0.379. The van der Waals surface area contributed by atoms with E-state index in [4.69, 9.17) is 9.84 Å². The molecule has 0 bridgehead atoms. The van der Waals surface area contributed by atoms with Gasteiger partial charge in [0.25, 0.3) is 0 Å². The van der Waals surface area contributed by atoms with E-state index >= 15 is 0 Å². The zero-order valence-corrected chi connectivity index (χ0v) is 13.6. The van der Waals surface area contributed by atoms with Crippen LogP contribution in [0.5, 0.6) is 0 Å². The third-order valence-corrected chi connectivity index (χ3v) is 3.63. The Labute approximate surface area is 137 Å². The molecule has 0 unspecified atom stereocenters. The van der Waals surface area contributed by atoms with Crippen molar-refractivity contribution in [3.63, 3.8) is 0 Å². The fourth-order valence-electron chi connectivity index (χ4n) is 2.37. The maximum absolute atomic E-state index is 11.6. The van der Waals surface area contributed by atoms with Gasteiger partial charge >= 0.3 is 5.97 Å². The second kappa shape index (κ2) is 7.75. The van der Waals surface area contributed by atoms with Gasteiger partial charge in [0, 0.05) is 12.2 Å². The van der Waals surface area contributed by atoms with Gasteiger partial charge in [0.2, 0.25) is 0 Å². The van der Waals surface area contributed by atoms with Crippen LogP contribution < -0.4 is 0 Å². The normalized spacial score (nSPS) is 10.4. The van der Waals surface area contributed by atoms with Gasteiger partial charge in [-0.1, -0.05) is 54.6 Å². The molecular weight excluding hydrogens is 288 g/mol. The predicted octanol–water partition coefficient (Wildman–Crippen LogP) is 3.82. The average molecular weight is 310 g/mol. The molecule has 0 radical (unpaired) electrons. The molecule has 0 aliphatic rings. The van der Waals surface area contributed by atoms with Gasteiger partial charge in [-0.15, -0.1) is 0 Å². The summed E-state index contributed by atoms with van der Waals surface area (Å²) in [6, 6.07) is 14.2. The first-order valence-electron chi connectivity index (χ1n) is 7.63. The average Bonchev–Trinajstić information content (AvgIpc) is 2.54. The summed E-state index contributed by atoms with van der Waals surface area (Å²) in [4.78, 5) is 11.6. The molecule has 23 heavy (non-hydrogen) atoms. The van der Waals surface area contributed by atoms with Crippen LogP contribution in [-0.4, -0.2) is 17.7 Å². The number of esters is 1. The highest BCUT2D eigenvalue weighted by Crippen LogP contribution is 2.26. The lowest BCUT2D eigenvalue weighted by molar-refractivity contribution is -0.140. The highest BCUT2D eigenvalue weighted by Gasteiger charge is 2.09. The third kappa shape index (κ3) is 4.54. The number of ether oxygens (including phenoxy) is 1. The van der Waals surface area contributed by atoms with E-state index in [1.165, 1.54) is 0 Å². The van der Waals surface area contributed by atoms with Crippen LogP contribution in [0.1, 0.15) is 23.6 Å². The Morgan fingerprint density at radius 2 is 1.87 bits per heavy atom. The quantitative estimate of drug-likeness (QED) is 0.652. The van der Waals surface area contributed by atoms with Crippen LogP contribution in [0.3, 0.4) is 0 Å². The van der Waals surface area contributed by atoms with E-state index in [0.717, 1.165) is 27.8 Å². The summed E-state index contributed by atoms with van der Waals surface area (Å²) in [6.07, 6.45) is 0.650. The van der Waals surface area contributed by atoms with Gasteiger partial charge in [-0.3, -0.25) is 0 Å². The van der Waals surface area contributed by atoms with Crippen molar-refractivity contribution in [2.24, 2.45) is 0 Å². The number of hydrogen-bond acceptors (Lipinski definition) is 3. The van der Waals surface area contributed by atoms with Crippen molar-refractivity contribution >= 4 is 5.97 Å². The zero-order chi connectivity index (χ0) is 16.8. The number of carbonyl (C=O) groups is 1. The summed E-state index contributed by atoms with van der Waals surface area (Å²) in [5, 5.41) is 8.99. The molecule has 0 heterocycles. The first kappa shape index (κ1) is 17.0. The first-order valence-corrected chi connectivity index (χ1v) is 7.63. The van der Waals surface area contributed by atoms with E-state index in [1.54, 1.807) is 6.92 Å². The second-order valence-corrected chi connectivity index (χ2v) is 5.69. The molecule has 0 fully saturated rings. The second-order valence-electron chi connectivity index (χ2n) is 5.69. The minimum atomic E-state index is -0.379. The van der Waals surface area contributed by atoms with Gasteiger partial charge in [-0.2, -0.15) is 0 Å². The number of aryl methyl sites for hydroxylation is 1. The highest BCUT2D eigenvalue weighted by molar-refractivity contribution is 5.87. The monoisotopic (exact) mass is 310 g/mol. The number of hydrogen-bond donors (Lipinski definition) is 1. The lowest BCUT2D eigenvalue weighted by Crippen LogP contribution is -2.06. The summed E-state index contributed by atoms with van der Waals surface area (Å²) >= 11 is 0. The Kier molecular flexibility index (Phi) is 5.72. The molecule has 2 aromatic carbocycles. The smallest absolute Gasteiger partial charge is 0.333 e. The van der Waals surface area contributed by atoms with Crippen molar-refractivity contribution in [1.82, 2.24) is 0 Å². The third-order valence-electron chi connectivity index (χ3n) is 3.63. The maximum Gasteiger partial charge on any atom is 0.333 e. The molecule has 3 nitrogen and oxygen atoms in total. The Hall–Kier alpha value is -2.39. The van der Waals surface area contributed by atoms with E-state index in [0.29, 0.717) is 12.0 Å². The van der Waals surface area contributed by atoms with Gasteiger partial charge in [-0.05, 0) is 42.5 Å². The largest absolute Gasteiger partial charge is 0.457 e. The van der Waals surface area contributed by atoms with E-state index in [9.17, 15) is 4.79 Å². The van der Waals surface area contributed by atoms with Crippen LogP contribution in [-0.2, 0) is 22.6 Å². The van der Waals surface area contributed by atoms with Gasteiger partial charge in [0.1, 0.15) is 6.61 Å². The zero-order valence-electron chi connectivity index (χ0n) is 13.6. The van der Waals surface area contributed by atoms with Crippen LogP contribution in [0.2, 0.25) is 0 Å². The maximum atomic E-state index is 11.6. The fraction of sp³-hybridized carbons (Fsp3) is 0.250. The van der Waals surface area contributed by atoms with Crippen molar-refractivity contribution in [1.29, 1.82) is 0 Å². The minimum Gasteiger partial charge on any atom is -0.457 e. The van der Waals surface area contributed by atoms with Gasteiger partial charge in [-0.25, -0.2) is 4.79 Å². The number of aliphatic hydroxyl groups excluding tert-OH is 1. The van der Waals surface area contributed by atoms with Crippen molar-refractivity contribution < 1.29 is 14.6 Å². The summed E-state index contributed by atoms with van der Waals surface area (Å²) in [6.45, 7) is 7.62. The van der Waals surface area contributed by atoms with Gasteiger partial charge < -0.3 is 9.84 Å². The molecule has 0 saturated heterocycles. The summed E-state index contributed by atoms with van der Waals surface area (Å²) in [5.41, 5.74) is 5.68. The van der Waals surface area contributed by atoms with Crippen molar-refractivity contribution in [3.8, 4) is 11.1 Å². The van der Waals surface area contributed by atoms with Crippen molar-refractivity contribution in [3.05, 3.63) is 71.3 Å². The number of rotatable bonds is 6. The number of aliphatic hydroxyl groups is 1. The van der Waals surface area contributed by atoms with Crippen LogP contribution in [0.4, 0.5) is 0 Å². The molecule has 2 aromatic rings. The molecule has 1 N–H and O–H groups in total. The first-order chi connectivity index (χ1) is 11.0. The number of benzene rings is 2. The SMILES string of the molecule is C=C(C)C(=O)OCc1cc(C)ccc1-c1ccc(CCO)cc1. The molecule has 0 aromatic heterocycles. The Morgan fingerprint density at radius 3 is 2.48 bits per heavy atom. The topological polar surface area (TPSA) is 46.5 Å². The summed E-state index contributed by atoms with van der Waals surface area (Å²) in [7, 11) is 0. The van der Waals surface area contributed by atoms with Crippen LogP contribution in [0.15, 0.2) is 54.6 Å². The molecule has 2 rings (SSSR count). The lowest BCUT2D eigenvalue weighted by atomic mass is 9.97. The Bertz CT molecular complexity index is 699. The standard InChI is InChI=1S/C20H22O3/c1-14(2)20(22)23-13-18-12-15(3)4-9-19(18)17-7-5-16(6-8-17)10-11-21/h4-9,12,21H,1,10-11,13H2,2-3H3. The van der Waals surface area contributed by atoms with E-state index in [1.807, 2.05) is 49.4 Å². The van der Waals surface area contributed by atoms with E-state index in [-0.39, 0.29) is 19.2 Å². The van der Waals surface area contributed by atoms with E-state index < -0.39 is 0 Å². The van der Waals surface area contributed by atoms with Crippen LogP contribution >= 0.6 is 0 Å². The minimum absolute atomic E-state index is 0.145. The fourth-order valence-corrected chi connectivity index (χ4v) is 2.37. The summed E-state index contributed by atoms with van der Waals surface area (Å²) < 4.78 is 5.30. The molecule has 120 valence electrons. The lowest BCUT2D eigenvalue weighted by Gasteiger charge is -2.12. The molecule has 0 saturated carbocycles. The molecule has 0 amide bonds. The molecule has 0 aliphatic carbocycles. The van der Waals surface area contributed by atoms with Crippen LogP contribution in [0.25, 0.3) is 11.1 Å². The molecule has 3 heteroatoms. The van der Waals surface area contributed by atoms with E-state index in [2.05, 4.69) is 6.58 Å². The molecule has 0 atom stereocenters. The van der Waals surface area contributed by atoms with Crippen molar-refractivity contribution in [2.45, 2.75) is 26.9 Å². The highest BCUT2D eigenvalue weighted by atomic mass is 16.5.